The van der Waals surface area contributed by atoms with Gasteiger partial charge in [0.1, 0.15) is 16.5 Å². The molecular weight excluding hydrogens is 397 g/mol. The predicted molar refractivity (Wildman–Crippen MR) is 103 cm³/mol. The van der Waals surface area contributed by atoms with Crippen molar-refractivity contribution in [2.45, 2.75) is 16.6 Å². The zero-order chi connectivity index (χ0) is 18.7. The molecule has 140 valence electrons. The average molecular weight is 416 g/mol. The van der Waals surface area contributed by atoms with Crippen molar-refractivity contribution in [3.63, 3.8) is 0 Å². The van der Waals surface area contributed by atoms with E-state index in [-0.39, 0.29) is 15.9 Å². The summed E-state index contributed by atoms with van der Waals surface area (Å²) in [5, 5.41) is 0.811. The molecule has 0 bridgehead atoms. The van der Waals surface area contributed by atoms with Crippen molar-refractivity contribution in [1.82, 2.24) is 4.31 Å². The summed E-state index contributed by atoms with van der Waals surface area (Å²) in [6, 6.07) is 11.1. The molecule has 0 spiro atoms. The molecule has 1 unspecified atom stereocenters. The first-order valence-corrected chi connectivity index (χ1v) is 11.0. The predicted octanol–water partition coefficient (Wildman–Crippen LogP) is 4.36. The molecule has 1 aliphatic rings. The normalized spacial score (nSPS) is 19.1. The molecular formula is C18H19ClFNO3S2. The summed E-state index contributed by atoms with van der Waals surface area (Å²) in [5.41, 5.74) is 1.02. The Balaban J connectivity index is 1.85. The van der Waals surface area contributed by atoms with Crippen LogP contribution in [0.3, 0.4) is 0 Å². The van der Waals surface area contributed by atoms with E-state index in [9.17, 15) is 12.8 Å². The van der Waals surface area contributed by atoms with Crippen molar-refractivity contribution in [3.05, 3.63) is 58.9 Å². The number of ether oxygens (including phenoxy) is 1. The smallest absolute Gasteiger partial charge is 0.246 e. The fourth-order valence-corrected chi connectivity index (χ4v) is 6.30. The number of benzene rings is 2. The van der Waals surface area contributed by atoms with Gasteiger partial charge in [0.25, 0.3) is 0 Å². The van der Waals surface area contributed by atoms with Gasteiger partial charge in [0.05, 0.1) is 7.11 Å². The molecule has 0 saturated carbocycles. The van der Waals surface area contributed by atoms with E-state index in [0.29, 0.717) is 30.3 Å². The van der Waals surface area contributed by atoms with Crippen LogP contribution in [0.25, 0.3) is 0 Å². The molecule has 1 aliphatic heterocycles. The number of nitrogens with zero attached hydrogens (tertiary/aromatic N) is 1. The van der Waals surface area contributed by atoms with E-state index in [1.165, 1.54) is 23.5 Å². The summed E-state index contributed by atoms with van der Waals surface area (Å²) < 4.78 is 46.2. The first-order chi connectivity index (χ1) is 12.4. The monoisotopic (exact) mass is 415 g/mol. The van der Waals surface area contributed by atoms with Crippen LogP contribution in [0.5, 0.6) is 5.75 Å². The third-order valence-corrected chi connectivity index (χ3v) is 7.87. The number of sulfonamides is 1. The average Bonchev–Trinajstić information content (AvgIpc) is 2.88. The van der Waals surface area contributed by atoms with Crippen LogP contribution in [0.4, 0.5) is 4.39 Å². The lowest BCUT2D eigenvalue weighted by atomic mass is 10.1. The Kier molecular flexibility index (Phi) is 6.12. The number of rotatable bonds is 4. The van der Waals surface area contributed by atoms with Crippen molar-refractivity contribution >= 4 is 33.4 Å². The van der Waals surface area contributed by atoms with Crippen molar-refractivity contribution in [2.24, 2.45) is 0 Å². The van der Waals surface area contributed by atoms with Crippen molar-refractivity contribution < 1.29 is 17.5 Å². The summed E-state index contributed by atoms with van der Waals surface area (Å²) in [6.07, 6.45) is 0.630. The summed E-state index contributed by atoms with van der Waals surface area (Å²) in [4.78, 5) is -0.138. The number of thioether (sulfide) groups is 1. The minimum absolute atomic E-state index is 0.123. The highest BCUT2D eigenvalue weighted by atomic mass is 35.5. The van der Waals surface area contributed by atoms with Crippen molar-refractivity contribution in [2.75, 3.05) is 26.0 Å². The summed E-state index contributed by atoms with van der Waals surface area (Å²) in [5.74, 6) is 0.167. The Morgan fingerprint density at radius 3 is 2.73 bits per heavy atom. The van der Waals surface area contributed by atoms with Gasteiger partial charge in [-0.2, -0.15) is 16.1 Å². The number of hydrogen-bond donors (Lipinski definition) is 0. The van der Waals surface area contributed by atoms with E-state index < -0.39 is 15.8 Å². The third kappa shape index (κ3) is 4.01. The fraction of sp³-hybridized carbons (Fsp3) is 0.333. The minimum atomic E-state index is -3.84. The molecule has 0 aromatic heterocycles. The van der Waals surface area contributed by atoms with Crippen LogP contribution in [0.2, 0.25) is 5.02 Å². The van der Waals surface area contributed by atoms with Crippen LogP contribution in [0.1, 0.15) is 17.2 Å². The third-order valence-electron chi connectivity index (χ3n) is 4.30. The highest BCUT2D eigenvalue weighted by Gasteiger charge is 2.31. The van der Waals surface area contributed by atoms with Crippen LogP contribution >= 0.6 is 23.4 Å². The molecule has 1 saturated heterocycles. The lowest BCUT2D eigenvalue weighted by Gasteiger charge is -2.21. The molecule has 1 atom stereocenters. The Bertz CT molecular complexity index is 892. The van der Waals surface area contributed by atoms with Crippen LogP contribution in [0.15, 0.2) is 47.4 Å². The molecule has 8 heteroatoms. The van der Waals surface area contributed by atoms with E-state index in [1.807, 2.05) is 24.3 Å². The van der Waals surface area contributed by atoms with Crippen molar-refractivity contribution in [1.29, 1.82) is 0 Å². The van der Waals surface area contributed by atoms with Gasteiger partial charge in [0, 0.05) is 29.1 Å². The van der Waals surface area contributed by atoms with Gasteiger partial charge < -0.3 is 4.74 Å². The molecule has 2 aromatic rings. The maximum absolute atomic E-state index is 13.6. The Morgan fingerprint density at radius 1 is 1.23 bits per heavy atom. The number of methoxy groups -OCH3 is 1. The quantitative estimate of drug-likeness (QED) is 0.744. The standard InChI is InChI=1S/C18H19ClFNO3S2/c1-24-16-7-6-13(20)12-18(16)26(22,23)21-9-8-17(25-11-10-21)14-4-2-3-5-15(14)19/h2-7,12,17H,8-11H2,1H3. The largest absolute Gasteiger partial charge is 0.495 e. The van der Waals surface area contributed by atoms with Crippen molar-refractivity contribution in [3.8, 4) is 5.75 Å². The van der Waals surface area contributed by atoms with E-state index in [2.05, 4.69) is 0 Å². The molecule has 0 radical (unpaired) electrons. The summed E-state index contributed by atoms with van der Waals surface area (Å²) >= 11 is 7.97. The maximum Gasteiger partial charge on any atom is 0.246 e. The summed E-state index contributed by atoms with van der Waals surface area (Å²) in [6.45, 7) is 0.693. The fourth-order valence-electron chi connectivity index (χ4n) is 2.97. The highest BCUT2D eigenvalue weighted by Crippen LogP contribution is 2.39. The second kappa shape index (κ2) is 8.17. The Labute approximate surface area is 162 Å². The molecule has 4 nitrogen and oxygen atoms in total. The Morgan fingerprint density at radius 2 is 2.00 bits per heavy atom. The van der Waals surface area contributed by atoms with E-state index >= 15 is 0 Å². The zero-order valence-corrected chi connectivity index (χ0v) is 16.6. The molecule has 0 aliphatic carbocycles. The van der Waals surface area contributed by atoms with E-state index in [4.69, 9.17) is 16.3 Å². The number of halogens is 2. The molecule has 1 heterocycles. The maximum atomic E-state index is 13.6. The molecule has 2 aromatic carbocycles. The van der Waals surface area contributed by atoms with Gasteiger partial charge in [-0.3, -0.25) is 0 Å². The minimum Gasteiger partial charge on any atom is -0.495 e. The molecule has 0 amide bonds. The zero-order valence-electron chi connectivity index (χ0n) is 14.2. The lowest BCUT2D eigenvalue weighted by molar-refractivity contribution is 0.391. The van der Waals surface area contributed by atoms with Crippen LogP contribution in [-0.2, 0) is 10.0 Å². The molecule has 1 fully saturated rings. The van der Waals surface area contributed by atoms with Crippen LogP contribution < -0.4 is 4.74 Å². The van der Waals surface area contributed by atoms with Gasteiger partial charge in [-0.15, -0.1) is 0 Å². The summed E-state index contributed by atoms with van der Waals surface area (Å²) in [7, 11) is -2.47. The SMILES string of the molecule is COc1ccc(F)cc1S(=O)(=O)N1CCSC(c2ccccc2Cl)CC1. The number of hydrogen-bond acceptors (Lipinski definition) is 4. The topological polar surface area (TPSA) is 46.6 Å². The highest BCUT2D eigenvalue weighted by molar-refractivity contribution is 7.99. The second-order valence-electron chi connectivity index (χ2n) is 5.87. The first-order valence-electron chi connectivity index (χ1n) is 8.13. The first kappa shape index (κ1) is 19.5. The molecule has 0 N–H and O–H groups in total. The van der Waals surface area contributed by atoms with Gasteiger partial charge in [-0.1, -0.05) is 29.8 Å². The van der Waals surface area contributed by atoms with Gasteiger partial charge in [-0.05, 0) is 36.2 Å². The molecule has 26 heavy (non-hydrogen) atoms. The van der Waals surface area contributed by atoms with Gasteiger partial charge in [0.2, 0.25) is 10.0 Å². The van der Waals surface area contributed by atoms with Gasteiger partial charge in [0.15, 0.2) is 0 Å². The lowest BCUT2D eigenvalue weighted by Crippen LogP contribution is -2.33. The van der Waals surface area contributed by atoms with Gasteiger partial charge in [-0.25, -0.2) is 12.8 Å². The van der Waals surface area contributed by atoms with Crippen LogP contribution in [0, 0.1) is 5.82 Å². The molecule has 3 rings (SSSR count). The Hall–Kier alpha value is -1.28. The second-order valence-corrected chi connectivity index (χ2v) is 9.49. The van der Waals surface area contributed by atoms with E-state index in [0.717, 1.165) is 11.6 Å². The van der Waals surface area contributed by atoms with E-state index in [1.54, 1.807) is 11.8 Å². The van der Waals surface area contributed by atoms with Crippen LogP contribution in [-0.4, -0.2) is 38.7 Å². The van der Waals surface area contributed by atoms with Gasteiger partial charge >= 0.3 is 0 Å².